The number of rotatable bonds is 2. The molecule has 2 N–H and O–H groups in total. The molecule has 0 aliphatic heterocycles. The van der Waals surface area contributed by atoms with E-state index in [0.29, 0.717) is 5.56 Å². The minimum Gasteiger partial charge on any atom is -0.582 e. The molecule has 2 aromatic carbocycles. The monoisotopic (exact) mass is 332 g/mol. The molecule has 0 aliphatic rings. The van der Waals surface area contributed by atoms with Crippen LogP contribution >= 0.6 is 21.4 Å². The van der Waals surface area contributed by atoms with Gasteiger partial charge in [0.25, 0.3) is 0 Å². The Hall–Kier alpha value is -1.40. The van der Waals surface area contributed by atoms with Gasteiger partial charge in [-0.15, -0.1) is 0 Å². The normalized spacial score (nSPS) is 9.80. The summed E-state index contributed by atoms with van der Waals surface area (Å²) in [5.41, 5.74) is 0.687. The van der Waals surface area contributed by atoms with E-state index >= 15 is 0 Å². The maximum atomic E-state index is 11.9. The van der Waals surface area contributed by atoms with Crippen LogP contribution in [0.25, 0.3) is 0 Å². The van der Waals surface area contributed by atoms with Crippen LogP contribution in [0.5, 0.6) is 11.5 Å². The van der Waals surface area contributed by atoms with Crippen molar-refractivity contribution in [3.05, 3.63) is 59.7 Å². The second-order valence-electron chi connectivity index (χ2n) is 3.58. The molecule has 0 heterocycles. The van der Waals surface area contributed by atoms with Crippen molar-refractivity contribution >= 4 is 36.8 Å². The zero-order chi connectivity index (χ0) is 15.1. The number of aromatic hydroxyl groups is 2. The lowest BCUT2D eigenvalue weighted by molar-refractivity contribution is 0.103. The standard InChI is InChI=1S/C13H10O3.Cl2OS/c14-10-6-7-11(12(15)8-10)13(16)9-4-2-1-3-5-9;1-4(2)3/h1-8,14-15H;. The Morgan fingerprint density at radius 3 is 2.10 bits per heavy atom. The van der Waals surface area contributed by atoms with Crippen LogP contribution < -0.4 is 0 Å². The van der Waals surface area contributed by atoms with Crippen LogP contribution in [-0.2, 0) is 9.60 Å². The number of phenolic OH excluding ortho intramolecular Hbond substituents is 2. The molecular formula is C13H10Cl2O4S. The number of hydrogen-bond acceptors (Lipinski definition) is 4. The highest BCUT2D eigenvalue weighted by Gasteiger charge is 2.13. The van der Waals surface area contributed by atoms with E-state index < -0.39 is 9.60 Å². The van der Waals surface area contributed by atoms with Crippen molar-refractivity contribution in [1.29, 1.82) is 0 Å². The molecule has 2 aromatic rings. The van der Waals surface area contributed by atoms with Crippen LogP contribution in [0, 0.1) is 0 Å². The predicted molar refractivity (Wildman–Crippen MR) is 79.5 cm³/mol. The molecule has 0 aliphatic carbocycles. The molecule has 0 saturated carbocycles. The van der Waals surface area contributed by atoms with E-state index in [1.807, 2.05) is 6.07 Å². The molecule has 0 unspecified atom stereocenters. The second kappa shape index (κ2) is 8.01. The summed E-state index contributed by atoms with van der Waals surface area (Å²) in [7, 11) is 7.36. The fraction of sp³-hybridized carbons (Fsp3) is 0. The molecule has 0 radical (unpaired) electrons. The van der Waals surface area contributed by atoms with Gasteiger partial charge in [-0.1, -0.05) is 30.3 Å². The number of carbonyl (C=O) groups excluding carboxylic acids is 1. The third-order valence-corrected chi connectivity index (χ3v) is 2.26. The topological polar surface area (TPSA) is 80.6 Å². The third-order valence-electron chi connectivity index (χ3n) is 2.26. The zero-order valence-corrected chi connectivity index (χ0v) is 12.3. The van der Waals surface area contributed by atoms with Gasteiger partial charge in [0.05, 0.1) is 5.56 Å². The van der Waals surface area contributed by atoms with E-state index in [-0.39, 0.29) is 22.8 Å². The fourth-order valence-electron chi connectivity index (χ4n) is 1.46. The first-order valence-electron chi connectivity index (χ1n) is 5.28. The lowest BCUT2D eigenvalue weighted by Crippen LogP contribution is -2.00. The molecule has 0 fully saturated rings. The second-order valence-corrected chi connectivity index (χ2v) is 6.11. The molecular weight excluding hydrogens is 323 g/mol. The average molecular weight is 333 g/mol. The minimum atomic E-state index is -1.67. The predicted octanol–water partition coefficient (Wildman–Crippen LogP) is 3.37. The minimum absolute atomic E-state index is 0.0675. The van der Waals surface area contributed by atoms with Crippen LogP contribution in [0.2, 0.25) is 0 Å². The number of phenols is 2. The lowest BCUT2D eigenvalue weighted by atomic mass is 10.0. The number of halogens is 2. The Bertz CT molecular complexity index is 573. The van der Waals surface area contributed by atoms with Crippen LogP contribution in [0.15, 0.2) is 48.5 Å². The number of ketones is 1. The van der Waals surface area contributed by atoms with Gasteiger partial charge in [-0.25, -0.2) is 0 Å². The molecule has 2 rings (SSSR count). The van der Waals surface area contributed by atoms with E-state index in [2.05, 4.69) is 21.4 Å². The maximum Gasteiger partial charge on any atom is 0.198 e. The van der Waals surface area contributed by atoms with Crippen molar-refractivity contribution in [1.82, 2.24) is 0 Å². The fourth-order valence-corrected chi connectivity index (χ4v) is 1.46. The van der Waals surface area contributed by atoms with Crippen molar-refractivity contribution in [3.63, 3.8) is 0 Å². The Balaban J connectivity index is 0.000000444. The summed E-state index contributed by atoms with van der Waals surface area (Å²) < 4.78 is 9.09. The first-order chi connectivity index (χ1) is 9.41. The molecule has 20 heavy (non-hydrogen) atoms. The lowest BCUT2D eigenvalue weighted by Gasteiger charge is -2.04. The maximum absolute atomic E-state index is 11.9. The van der Waals surface area contributed by atoms with Crippen LogP contribution in [-0.4, -0.2) is 20.5 Å². The van der Waals surface area contributed by atoms with E-state index in [1.165, 1.54) is 12.1 Å². The first-order valence-corrected chi connectivity index (χ1v) is 8.08. The highest BCUT2D eigenvalue weighted by atomic mass is 36.0. The van der Waals surface area contributed by atoms with Crippen molar-refractivity contribution in [2.75, 3.05) is 0 Å². The molecule has 0 bridgehead atoms. The summed E-state index contributed by atoms with van der Waals surface area (Å²) in [5.74, 6) is -0.547. The van der Waals surface area contributed by atoms with E-state index in [1.54, 1.807) is 24.3 Å². The van der Waals surface area contributed by atoms with Crippen LogP contribution in [0.3, 0.4) is 0 Å². The SMILES string of the molecule is O=C(c1ccccc1)c1ccc(O)cc1O.[O-][S+](Cl)Cl. The number of hydrogen-bond donors (Lipinski definition) is 2. The average Bonchev–Trinajstić information content (AvgIpc) is 2.38. The van der Waals surface area contributed by atoms with Gasteiger partial charge in [-0.05, 0) is 12.1 Å². The van der Waals surface area contributed by atoms with Gasteiger partial charge in [-0.3, -0.25) is 4.79 Å². The van der Waals surface area contributed by atoms with E-state index in [9.17, 15) is 9.90 Å². The summed E-state index contributed by atoms with van der Waals surface area (Å²) in [6.07, 6.45) is 0. The summed E-state index contributed by atoms with van der Waals surface area (Å²) in [6, 6.07) is 12.6. The summed E-state index contributed by atoms with van der Waals surface area (Å²) in [6.45, 7) is 0. The summed E-state index contributed by atoms with van der Waals surface area (Å²) in [4.78, 5) is 11.9. The Labute approximate surface area is 127 Å². The quantitative estimate of drug-likeness (QED) is 0.652. The third kappa shape index (κ3) is 5.30. The number of benzene rings is 2. The Morgan fingerprint density at radius 2 is 1.60 bits per heavy atom. The Kier molecular flexibility index (Phi) is 6.67. The summed E-state index contributed by atoms with van der Waals surface area (Å²) in [5, 5.41) is 18.7. The van der Waals surface area contributed by atoms with E-state index in [4.69, 9.17) is 9.66 Å². The van der Waals surface area contributed by atoms with Gasteiger partial charge in [0.2, 0.25) is 0 Å². The summed E-state index contributed by atoms with van der Waals surface area (Å²) >= 11 is 0. The number of carbonyl (C=O) groups is 1. The van der Waals surface area contributed by atoms with Crippen molar-refractivity contribution in [3.8, 4) is 11.5 Å². The van der Waals surface area contributed by atoms with E-state index in [0.717, 1.165) is 6.07 Å². The highest BCUT2D eigenvalue weighted by Crippen LogP contribution is 2.24. The van der Waals surface area contributed by atoms with Crippen molar-refractivity contribution < 1.29 is 19.6 Å². The molecule has 106 valence electrons. The molecule has 0 spiro atoms. The molecule has 0 amide bonds. The highest BCUT2D eigenvalue weighted by molar-refractivity contribution is 8.31. The van der Waals surface area contributed by atoms with Gasteiger partial charge in [-0.2, -0.15) is 0 Å². The molecule has 0 saturated heterocycles. The first kappa shape index (κ1) is 16.7. The molecule has 0 atom stereocenters. The largest absolute Gasteiger partial charge is 0.582 e. The van der Waals surface area contributed by atoms with Crippen LogP contribution in [0.4, 0.5) is 0 Å². The van der Waals surface area contributed by atoms with Gasteiger partial charge >= 0.3 is 0 Å². The van der Waals surface area contributed by atoms with Gasteiger partial charge in [0, 0.05) is 11.6 Å². The van der Waals surface area contributed by atoms with Crippen molar-refractivity contribution in [2.24, 2.45) is 0 Å². The van der Waals surface area contributed by atoms with Gasteiger partial charge in [0.1, 0.15) is 11.5 Å². The zero-order valence-electron chi connectivity index (χ0n) is 9.99. The van der Waals surface area contributed by atoms with Gasteiger partial charge in [0.15, 0.2) is 36.8 Å². The van der Waals surface area contributed by atoms with Gasteiger partial charge < -0.3 is 14.8 Å². The Morgan fingerprint density at radius 1 is 1.05 bits per heavy atom. The van der Waals surface area contributed by atoms with Crippen molar-refractivity contribution in [2.45, 2.75) is 0 Å². The molecule has 4 nitrogen and oxygen atoms in total. The van der Waals surface area contributed by atoms with Crippen LogP contribution in [0.1, 0.15) is 15.9 Å². The molecule has 7 heteroatoms. The smallest absolute Gasteiger partial charge is 0.198 e. The molecule has 0 aromatic heterocycles.